The molecule has 0 bridgehead atoms. The Bertz CT molecular complexity index is 1290. The summed E-state index contributed by atoms with van der Waals surface area (Å²) in [5, 5.41) is 2.67. The smallest absolute Gasteiger partial charge is 0.309 e. The predicted octanol–water partition coefficient (Wildman–Crippen LogP) is 10.7. The maximum Gasteiger partial charge on any atom is 0.309 e. The number of allylic oxidation sites excluding steroid dienone is 1. The minimum atomic E-state index is -2.42. The fraction of sp³-hybridized carbons (Fsp3) is 0.718. The molecule has 48 heavy (non-hydrogen) atoms. The van der Waals surface area contributed by atoms with E-state index >= 15 is 0 Å². The second-order valence-corrected chi connectivity index (χ2v) is 27.6. The van der Waals surface area contributed by atoms with Crippen LogP contribution in [0.5, 0.6) is 0 Å². The number of carbonyl (C=O) groups excluding carboxylic acids is 2. The van der Waals surface area contributed by atoms with Crippen molar-refractivity contribution in [1.82, 2.24) is 4.98 Å². The summed E-state index contributed by atoms with van der Waals surface area (Å²) in [5.41, 5.74) is -0.350. The Morgan fingerprint density at radius 2 is 1.52 bits per heavy atom. The molecule has 0 amide bonds. The van der Waals surface area contributed by atoms with Crippen LogP contribution in [-0.4, -0.2) is 51.7 Å². The van der Waals surface area contributed by atoms with E-state index in [2.05, 4.69) is 105 Å². The summed E-state index contributed by atoms with van der Waals surface area (Å²) in [6.45, 7) is 39.7. The van der Waals surface area contributed by atoms with Crippen molar-refractivity contribution in [3.05, 3.63) is 41.4 Å². The zero-order valence-corrected chi connectivity index (χ0v) is 35.8. The van der Waals surface area contributed by atoms with E-state index in [-0.39, 0.29) is 34.3 Å². The highest BCUT2D eigenvalue weighted by atomic mass is 32.1. The van der Waals surface area contributed by atoms with E-state index in [0.29, 0.717) is 12.1 Å². The van der Waals surface area contributed by atoms with Gasteiger partial charge in [-0.3, -0.25) is 9.59 Å². The first-order chi connectivity index (χ1) is 21.8. The summed E-state index contributed by atoms with van der Waals surface area (Å²) in [5.74, 6) is 5.43. The highest BCUT2D eigenvalue weighted by Gasteiger charge is 2.50. The third kappa shape index (κ3) is 12.8. The van der Waals surface area contributed by atoms with Crippen LogP contribution in [0.1, 0.15) is 112 Å². The summed E-state index contributed by atoms with van der Waals surface area (Å²) in [7, 11) is -4.63. The van der Waals surface area contributed by atoms with E-state index in [1.54, 1.807) is 6.08 Å². The van der Waals surface area contributed by atoms with Gasteiger partial charge in [0.2, 0.25) is 0 Å². The third-order valence-corrected chi connectivity index (χ3v) is 20.2. The van der Waals surface area contributed by atoms with Gasteiger partial charge >= 0.3 is 5.97 Å². The standard InChI is InChI=1S/C39H67NO5SSi2/c1-18-20-21-23-28(3)35(45-48(16,17)38(9,10)11)29(4)36(42)39(12,13)33(44-47(14,15)37(6,7)8)26-34(41)43-32(22-19-2)25-24-31-27-46-30(5)40-31/h18-19,27-29,32-33,35H,1-2,20-23,26H2,3-17H3/t28-,29+,32?,33-,35-/m0/s1. The Hall–Kier alpha value is -1.84. The molecule has 0 N–H and O–H groups in total. The van der Waals surface area contributed by atoms with E-state index in [0.717, 1.165) is 24.3 Å². The van der Waals surface area contributed by atoms with Crippen LogP contribution >= 0.6 is 11.3 Å². The number of nitrogens with zero attached hydrogens (tertiary/aromatic N) is 1. The molecule has 1 rings (SSSR count). The normalized spacial score (nSPS) is 16.1. The Kier molecular flexibility index (Phi) is 16.5. The summed E-state index contributed by atoms with van der Waals surface area (Å²) in [4.78, 5) is 32.9. The molecule has 1 aromatic heterocycles. The quantitative estimate of drug-likeness (QED) is 0.0495. The van der Waals surface area contributed by atoms with Gasteiger partial charge in [-0.2, -0.15) is 0 Å². The molecule has 5 atom stereocenters. The zero-order valence-electron chi connectivity index (χ0n) is 33.0. The van der Waals surface area contributed by atoms with Crippen molar-refractivity contribution in [3.63, 3.8) is 0 Å². The first-order valence-corrected chi connectivity index (χ1v) is 24.2. The lowest BCUT2D eigenvalue weighted by Gasteiger charge is -2.46. The van der Waals surface area contributed by atoms with E-state index in [1.807, 2.05) is 39.2 Å². The average Bonchev–Trinajstić information content (AvgIpc) is 3.37. The number of Topliss-reactive ketones (excluding diaryl/α,β-unsaturated/α-hetero) is 1. The van der Waals surface area contributed by atoms with Crippen LogP contribution in [0.4, 0.5) is 0 Å². The maximum atomic E-state index is 14.8. The molecule has 0 aliphatic rings. The Balaban J connectivity index is 3.51. The first-order valence-electron chi connectivity index (χ1n) is 17.6. The van der Waals surface area contributed by atoms with Gasteiger partial charge in [0.05, 0.1) is 23.6 Å². The SMILES string of the molecule is C=CCCC[C@H](C)[C@H](O[Si](C)(C)C(C)(C)C)[C@@H](C)C(=O)C(C)(C)[C@H](CC(=O)OC(C#Cc1csc(C)n1)CC=C)O[Si](C)(C)C(C)(C)C. The van der Waals surface area contributed by atoms with E-state index in [9.17, 15) is 9.59 Å². The van der Waals surface area contributed by atoms with E-state index < -0.39 is 46.1 Å². The molecular formula is C39H67NO5SSi2. The Labute approximate surface area is 300 Å². The van der Waals surface area contributed by atoms with Crippen molar-refractivity contribution in [2.75, 3.05) is 0 Å². The number of hydrogen-bond acceptors (Lipinski definition) is 7. The summed E-state index contributed by atoms with van der Waals surface area (Å²) < 4.78 is 20.0. The summed E-state index contributed by atoms with van der Waals surface area (Å²) in [6, 6.07) is 0. The van der Waals surface area contributed by atoms with Crippen LogP contribution in [-0.2, 0) is 23.2 Å². The van der Waals surface area contributed by atoms with E-state index in [4.69, 9.17) is 13.6 Å². The molecule has 0 fully saturated rings. The van der Waals surface area contributed by atoms with Gasteiger partial charge < -0.3 is 13.6 Å². The summed E-state index contributed by atoms with van der Waals surface area (Å²) in [6.07, 6.45) is 5.18. The number of ether oxygens (including phenoxy) is 1. The first kappa shape index (κ1) is 44.2. The molecule has 1 heterocycles. The van der Waals surface area contributed by atoms with Crippen LogP contribution in [0.15, 0.2) is 30.7 Å². The third-order valence-electron chi connectivity index (χ3n) is 10.4. The molecule has 1 aromatic rings. The molecule has 0 radical (unpaired) electrons. The molecule has 0 saturated carbocycles. The number of thiazole rings is 1. The Morgan fingerprint density at radius 3 is 2.00 bits per heavy atom. The van der Waals surface area contributed by atoms with Crippen LogP contribution in [0, 0.1) is 36.0 Å². The number of ketones is 1. The van der Waals surface area contributed by atoms with Crippen LogP contribution < -0.4 is 0 Å². The minimum Gasteiger partial charge on any atom is -0.449 e. The van der Waals surface area contributed by atoms with Gasteiger partial charge in [-0.1, -0.05) is 87.3 Å². The number of aryl methyl sites for hydroxylation is 1. The van der Waals surface area contributed by atoms with Crippen molar-refractivity contribution in [2.24, 2.45) is 17.3 Å². The maximum absolute atomic E-state index is 14.8. The predicted molar refractivity (Wildman–Crippen MR) is 208 cm³/mol. The highest BCUT2D eigenvalue weighted by molar-refractivity contribution is 7.09. The van der Waals surface area contributed by atoms with E-state index in [1.165, 1.54) is 11.3 Å². The molecule has 9 heteroatoms. The lowest BCUT2D eigenvalue weighted by atomic mass is 9.73. The van der Waals surface area contributed by atoms with Crippen LogP contribution in [0.2, 0.25) is 36.3 Å². The molecule has 0 aliphatic carbocycles. The van der Waals surface area contributed by atoms with Crippen molar-refractivity contribution >= 4 is 39.7 Å². The minimum absolute atomic E-state index is 0.00863. The van der Waals surface area contributed by atoms with Gasteiger partial charge in [-0.05, 0) is 74.3 Å². The fourth-order valence-electron chi connectivity index (χ4n) is 5.07. The molecular weight excluding hydrogens is 651 g/mol. The molecule has 6 nitrogen and oxygen atoms in total. The van der Waals surface area contributed by atoms with Gasteiger partial charge in [-0.15, -0.1) is 24.5 Å². The lowest BCUT2D eigenvalue weighted by molar-refractivity contribution is -0.152. The van der Waals surface area contributed by atoms with Crippen molar-refractivity contribution in [1.29, 1.82) is 0 Å². The second-order valence-electron chi connectivity index (χ2n) is 17.0. The Morgan fingerprint density at radius 1 is 0.958 bits per heavy atom. The molecule has 0 aliphatic heterocycles. The molecule has 272 valence electrons. The average molecular weight is 718 g/mol. The molecule has 0 aromatic carbocycles. The van der Waals surface area contributed by atoms with Crippen molar-refractivity contribution in [2.45, 2.75) is 163 Å². The zero-order chi connectivity index (χ0) is 37.3. The molecule has 0 spiro atoms. The van der Waals surface area contributed by atoms with Gasteiger partial charge in [0.25, 0.3) is 0 Å². The van der Waals surface area contributed by atoms with Crippen LogP contribution in [0.25, 0.3) is 0 Å². The molecule has 0 saturated heterocycles. The van der Waals surface area contributed by atoms with Crippen LogP contribution in [0.3, 0.4) is 0 Å². The second kappa shape index (κ2) is 17.9. The largest absolute Gasteiger partial charge is 0.449 e. The number of rotatable bonds is 18. The fourth-order valence-corrected chi connectivity index (χ4v) is 8.53. The monoisotopic (exact) mass is 717 g/mol. The number of unbranched alkanes of at least 4 members (excludes halogenated alkanes) is 1. The number of aromatic nitrogens is 1. The highest BCUT2D eigenvalue weighted by Crippen LogP contribution is 2.44. The topological polar surface area (TPSA) is 74.7 Å². The van der Waals surface area contributed by atoms with Gasteiger partial charge in [0.15, 0.2) is 22.7 Å². The number of hydrogen-bond donors (Lipinski definition) is 0. The number of carbonyl (C=O) groups is 2. The van der Waals surface area contributed by atoms with Gasteiger partial charge in [0.1, 0.15) is 11.5 Å². The number of esters is 1. The van der Waals surface area contributed by atoms with Crippen molar-refractivity contribution < 1.29 is 23.2 Å². The molecule has 1 unspecified atom stereocenters. The summed E-state index contributed by atoms with van der Waals surface area (Å²) >= 11 is 1.52. The van der Waals surface area contributed by atoms with Gasteiger partial charge in [0, 0.05) is 23.1 Å². The lowest BCUT2D eigenvalue weighted by Crippen LogP contribution is -2.54. The van der Waals surface area contributed by atoms with Gasteiger partial charge in [-0.25, -0.2) is 4.98 Å². The van der Waals surface area contributed by atoms with Crippen molar-refractivity contribution in [3.8, 4) is 11.8 Å².